The number of benzene rings is 2. The van der Waals surface area contributed by atoms with Crippen molar-refractivity contribution in [2.24, 2.45) is 4.99 Å². The first-order chi connectivity index (χ1) is 9.81. The van der Waals surface area contributed by atoms with Crippen molar-refractivity contribution >= 4 is 23.2 Å². The largest absolute Gasteiger partial charge is 0.455 e. The summed E-state index contributed by atoms with van der Waals surface area (Å²) < 4.78 is 5.87. The number of anilines is 1. The molecule has 5 heteroatoms. The molecule has 3 rings (SSSR count). The van der Waals surface area contributed by atoms with Gasteiger partial charge in [0.05, 0.1) is 12.2 Å². The van der Waals surface area contributed by atoms with Gasteiger partial charge in [0.25, 0.3) is 0 Å². The lowest BCUT2D eigenvalue weighted by Gasteiger charge is -2.13. The van der Waals surface area contributed by atoms with Crippen LogP contribution in [0.4, 0.5) is 5.69 Å². The van der Waals surface area contributed by atoms with Gasteiger partial charge in [0.15, 0.2) is 11.7 Å². The van der Waals surface area contributed by atoms with Crippen molar-refractivity contribution < 1.29 is 4.74 Å². The molecule has 0 amide bonds. The van der Waals surface area contributed by atoms with Crippen molar-refractivity contribution in [2.45, 2.75) is 0 Å². The fraction of sp³-hybridized carbons (Fsp3) is 0.133. The Morgan fingerprint density at radius 1 is 1.10 bits per heavy atom. The summed E-state index contributed by atoms with van der Waals surface area (Å²) in [4.78, 5) is 4.31. The molecule has 0 unspecified atom stereocenters. The maximum Gasteiger partial charge on any atom is 0.196 e. The van der Waals surface area contributed by atoms with Crippen LogP contribution in [-0.2, 0) is 0 Å². The molecule has 0 fully saturated rings. The summed E-state index contributed by atoms with van der Waals surface area (Å²) in [5.41, 5.74) is 0.871. The Morgan fingerprint density at radius 3 is 2.65 bits per heavy atom. The maximum atomic E-state index is 5.87. The highest BCUT2D eigenvalue weighted by Crippen LogP contribution is 2.29. The standard InChI is InChI=1S/C15H14ClN3O/c16-11-5-7-12(8-6-11)20-14-4-2-1-3-13(14)19-15-17-9-10-18-15/h1-8H,9-10H2,(H2,17,18,19). The third-order valence-electron chi connectivity index (χ3n) is 2.86. The molecule has 4 nitrogen and oxygen atoms in total. The topological polar surface area (TPSA) is 45.6 Å². The number of aliphatic imine (C=N–C) groups is 1. The zero-order valence-electron chi connectivity index (χ0n) is 10.8. The molecule has 1 aliphatic rings. The normalized spacial score (nSPS) is 13.6. The van der Waals surface area contributed by atoms with Crippen LogP contribution in [-0.4, -0.2) is 19.0 Å². The molecule has 0 saturated carbocycles. The zero-order valence-corrected chi connectivity index (χ0v) is 11.5. The Balaban J connectivity index is 1.80. The summed E-state index contributed by atoms with van der Waals surface area (Å²) in [6.45, 7) is 1.66. The minimum atomic E-state index is 0.688. The molecule has 20 heavy (non-hydrogen) atoms. The van der Waals surface area contributed by atoms with Crippen molar-refractivity contribution in [2.75, 3.05) is 18.4 Å². The van der Waals surface area contributed by atoms with E-state index in [2.05, 4.69) is 15.6 Å². The number of guanidine groups is 1. The first-order valence-electron chi connectivity index (χ1n) is 6.39. The number of ether oxygens (including phenoxy) is 1. The summed E-state index contributed by atoms with van der Waals surface area (Å²) in [6.07, 6.45) is 0. The second-order valence-electron chi connectivity index (χ2n) is 4.33. The Kier molecular flexibility index (Phi) is 3.74. The van der Waals surface area contributed by atoms with Gasteiger partial charge in [-0.15, -0.1) is 0 Å². The summed E-state index contributed by atoms with van der Waals surface area (Å²) in [5, 5.41) is 7.09. The molecular weight excluding hydrogens is 274 g/mol. The SMILES string of the molecule is Clc1ccc(Oc2ccccc2NC2=NCCN2)cc1. The summed E-state index contributed by atoms with van der Waals surface area (Å²) in [5.74, 6) is 2.26. The van der Waals surface area contributed by atoms with Crippen molar-refractivity contribution in [3.63, 3.8) is 0 Å². The number of halogens is 1. The number of hydrogen-bond acceptors (Lipinski definition) is 4. The minimum absolute atomic E-state index is 0.688. The van der Waals surface area contributed by atoms with E-state index in [-0.39, 0.29) is 0 Å². The van der Waals surface area contributed by atoms with Crippen molar-refractivity contribution in [1.82, 2.24) is 5.32 Å². The van der Waals surface area contributed by atoms with Crippen molar-refractivity contribution in [3.05, 3.63) is 53.6 Å². The molecule has 102 valence electrons. The fourth-order valence-electron chi connectivity index (χ4n) is 1.90. The lowest BCUT2D eigenvalue weighted by atomic mass is 10.3. The second-order valence-corrected chi connectivity index (χ2v) is 4.77. The molecule has 0 aromatic heterocycles. The van der Waals surface area contributed by atoms with Crippen LogP contribution in [0.3, 0.4) is 0 Å². The van der Waals surface area contributed by atoms with Crippen LogP contribution in [0.1, 0.15) is 0 Å². The van der Waals surface area contributed by atoms with E-state index in [1.54, 1.807) is 12.1 Å². The predicted molar refractivity (Wildman–Crippen MR) is 81.9 cm³/mol. The van der Waals surface area contributed by atoms with E-state index in [9.17, 15) is 0 Å². The van der Waals surface area contributed by atoms with Gasteiger partial charge in [0.1, 0.15) is 5.75 Å². The van der Waals surface area contributed by atoms with Crippen LogP contribution in [0.2, 0.25) is 5.02 Å². The molecule has 2 aromatic rings. The van der Waals surface area contributed by atoms with E-state index < -0.39 is 0 Å². The highest BCUT2D eigenvalue weighted by atomic mass is 35.5. The van der Waals surface area contributed by atoms with Gasteiger partial charge >= 0.3 is 0 Å². The Bertz CT molecular complexity index is 625. The molecular formula is C15H14ClN3O. The summed E-state index contributed by atoms with van der Waals surface area (Å²) >= 11 is 5.87. The fourth-order valence-corrected chi connectivity index (χ4v) is 2.02. The predicted octanol–water partition coefficient (Wildman–Crippen LogP) is 3.50. The number of hydrogen-bond donors (Lipinski definition) is 2. The molecule has 2 N–H and O–H groups in total. The average molecular weight is 288 g/mol. The molecule has 0 radical (unpaired) electrons. The quantitative estimate of drug-likeness (QED) is 0.908. The highest BCUT2D eigenvalue weighted by Gasteiger charge is 2.09. The van der Waals surface area contributed by atoms with E-state index in [4.69, 9.17) is 16.3 Å². The third kappa shape index (κ3) is 3.03. The number of rotatable bonds is 3. The average Bonchev–Trinajstić information content (AvgIpc) is 2.96. The van der Waals surface area contributed by atoms with Gasteiger partial charge in [-0.3, -0.25) is 4.99 Å². The Labute approximate surface area is 122 Å². The summed E-state index contributed by atoms with van der Waals surface area (Å²) in [7, 11) is 0. The van der Waals surface area contributed by atoms with E-state index in [0.717, 1.165) is 36.2 Å². The number of nitrogens with one attached hydrogen (secondary N) is 2. The molecule has 0 atom stereocenters. The lowest BCUT2D eigenvalue weighted by molar-refractivity contribution is 0.485. The van der Waals surface area contributed by atoms with Gasteiger partial charge in [-0.2, -0.15) is 0 Å². The Morgan fingerprint density at radius 2 is 1.90 bits per heavy atom. The van der Waals surface area contributed by atoms with Crippen LogP contribution in [0.5, 0.6) is 11.5 Å². The van der Waals surface area contributed by atoms with Crippen LogP contribution in [0.15, 0.2) is 53.5 Å². The maximum absolute atomic E-state index is 5.87. The van der Waals surface area contributed by atoms with Crippen molar-refractivity contribution in [3.8, 4) is 11.5 Å². The first-order valence-corrected chi connectivity index (χ1v) is 6.77. The molecule has 2 aromatic carbocycles. The van der Waals surface area contributed by atoms with E-state index in [1.807, 2.05) is 36.4 Å². The zero-order chi connectivity index (χ0) is 13.8. The van der Waals surface area contributed by atoms with Gasteiger partial charge in [-0.05, 0) is 36.4 Å². The molecule has 1 heterocycles. The van der Waals surface area contributed by atoms with Crippen LogP contribution < -0.4 is 15.4 Å². The van der Waals surface area contributed by atoms with Crippen molar-refractivity contribution in [1.29, 1.82) is 0 Å². The Hall–Kier alpha value is -2.20. The lowest BCUT2D eigenvalue weighted by Crippen LogP contribution is -2.26. The van der Waals surface area contributed by atoms with E-state index in [1.165, 1.54) is 0 Å². The van der Waals surface area contributed by atoms with Gasteiger partial charge in [0, 0.05) is 11.6 Å². The van der Waals surface area contributed by atoms with E-state index in [0.29, 0.717) is 5.02 Å². The highest BCUT2D eigenvalue weighted by molar-refractivity contribution is 6.30. The molecule has 0 saturated heterocycles. The monoisotopic (exact) mass is 287 g/mol. The summed E-state index contributed by atoms with van der Waals surface area (Å²) in [6, 6.07) is 15.0. The number of para-hydroxylation sites is 2. The molecule has 0 bridgehead atoms. The van der Waals surface area contributed by atoms with Gasteiger partial charge in [0.2, 0.25) is 0 Å². The molecule has 0 aliphatic carbocycles. The second kappa shape index (κ2) is 5.84. The molecule has 1 aliphatic heterocycles. The van der Waals surface area contributed by atoms with Gasteiger partial charge < -0.3 is 15.4 Å². The van der Waals surface area contributed by atoms with Crippen LogP contribution in [0.25, 0.3) is 0 Å². The smallest absolute Gasteiger partial charge is 0.196 e. The van der Waals surface area contributed by atoms with Crippen LogP contribution in [0, 0.1) is 0 Å². The van der Waals surface area contributed by atoms with Gasteiger partial charge in [-0.1, -0.05) is 23.7 Å². The van der Waals surface area contributed by atoms with E-state index >= 15 is 0 Å². The molecule has 0 spiro atoms. The van der Waals surface area contributed by atoms with Crippen LogP contribution >= 0.6 is 11.6 Å². The minimum Gasteiger partial charge on any atom is -0.455 e. The number of nitrogens with zero attached hydrogens (tertiary/aromatic N) is 1. The third-order valence-corrected chi connectivity index (χ3v) is 3.11. The first kappa shape index (κ1) is 12.8. The van der Waals surface area contributed by atoms with Gasteiger partial charge in [-0.25, -0.2) is 0 Å².